The van der Waals surface area contributed by atoms with Gasteiger partial charge in [-0.25, -0.2) is 0 Å². The number of hydrogen-bond acceptors (Lipinski definition) is 6. The van der Waals surface area contributed by atoms with E-state index < -0.39 is 6.04 Å². The first-order chi connectivity index (χ1) is 18.4. The van der Waals surface area contributed by atoms with E-state index in [9.17, 15) is 9.59 Å². The van der Waals surface area contributed by atoms with Crippen molar-refractivity contribution in [3.8, 4) is 11.5 Å². The number of benzene rings is 2. The maximum atomic E-state index is 13.7. The van der Waals surface area contributed by atoms with Crippen LogP contribution in [0.2, 0.25) is 0 Å². The molecule has 0 unspecified atom stereocenters. The van der Waals surface area contributed by atoms with Crippen LogP contribution in [0.3, 0.4) is 0 Å². The van der Waals surface area contributed by atoms with Gasteiger partial charge in [-0.05, 0) is 112 Å². The highest BCUT2D eigenvalue weighted by Crippen LogP contribution is 2.29. The minimum Gasteiger partial charge on any atom is -0.497 e. The Bertz CT molecular complexity index is 1100. The van der Waals surface area contributed by atoms with Crippen molar-refractivity contribution in [2.24, 2.45) is 5.92 Å². The van der Waals surface area contributed by atoms with Crippen LogP contribution in [0.25, 0.3) is 0 Å². The molecule has 2 fully saturated rings. The van der Waals surface area contributed by atoms with E-state index in [-0.39, 0.29) is 18.2 Å². The molecule has 0 bridgehead atoms. The number of anilines is 2. The molecule has 4 rings (SSSR count). The second-order valence-corrected chi connectivity index (χ2v) is 10.3. The Balaban J connectivity index is 1.46. The van der Waals surface area contributed by atoms with E-state index in [0.717, 1.165) is 37.7 Å². The molecule has 8 nitrogen and oxygen atoms in total. The molecule has 2 aromatic carbocycles. The Hall–Kier alpha value is -3.17. The van der Waals surface area contributed by atoms with Gasteiger partial charge in [0.1, 0.15) is 17.5 Å². The second-order valence-electron chi connectivity index (χ2n) is 9.95. The molecular weight excluding hydrogens is 500 g/mol. The summed E-state index contributed by atoms with van der Waals surface area (Å²) in [5.41, 5.74) is 1.33. The number of thiocarbonyl (C=S) groups is 1. The second kappa shape index (κ2) is 13.1. The summed E-state index contributed by atoms with van der Waals surface area (Å²) in [6.07, 6.45) is 3.33. The van der Waals surface area contributed by atoms with Crippen LogP contribution >= 0.6 is 12.2 Å². The molecule has 2 aromatic rings. The predicted octanol–water partition coefficient (Wildman–Crippen LogP) is 4.55. The van der Waals surface area contributed by atoms with Crippen LogP contribution in [0.15, 0.2) is 48.5 Å². The molecule has 9 heteroatoms. The summed E-state index contributed by atoms with van der Waals surface area (Å²) in [5, 5.41) is 3.34. The molecule has 0 spiro atoms. The number of nitrogens with one attached hydrogen (secondary N) is 1. The molecule has 2 amide bonds. The molecule has 0 saturated carbocycles. The number of likely N-dealkylation sites (tertiary alicyclic amines) is 1. The average Bonchev–Trinajstić information content (AvgIpc) is 3.15. The summed E-state index contributed by atoms with van der Waals surface area (Å²) >= 11 is 5.82. The number of carbonyl (C=O) groups excluding carboxylic acids is 2. The van der Waals surface area contributed by atoms with Crippen LogP contribution in [-0.2, 0) is 9.59 Å². The third-order valence-electron chi connectivity index (χ3n) is 7.23. The Morgan fingerprint density at radius 3 is 2.32 bits per heavy atom. The molecule has 2 aliphatic rings. The third kappa shape index (κ3) is 6.82. The lowest BCUT2D eigenvalue weighted by molar-refractivity contribution is -0.124. The first-order valence-electron chi connectivity index (χ1n) is 13.4. The zero-order chi connectivity index (χ0) is 27.1. The highest BCUT2D eigenvalue weighted by atomic mass is 32.1. The number of rotatable bonds is 11. The summed E-state index contributed by atoms with van der Waals surface area (Å²) in [6.45, 7) is 8.58. The van der Waals surface area contributed by atoms with Gasteiger partial charge in [-0.15, -0.1) is 0 Å². The summed E-state index contributed by atoms with van der Waals surface area (Å²) < 4.78 is 10.7. The number of methoxy groups -OCH3 is 1. The predicted molar refractivity (Wildman–Crippen MR) is 154 cm³/mol. The Morgan fingerprint density at radius 1 is 1.03 bits per heavy atom. The zero-order valence-corrected chi connectivity index (χ0v) is 23.3. The van der Waals surface area contributed by atoms with Crippen molar-refractivity contribution in [3.63, 3.8) is 0 Å². The molecule has 1 N–H and O–H groups in total. The molecule has 1 atom stereocenters. The van der Waals surface area contributed by atoms with Crippen LogP contribution in [0, 0.1) is 5.92 Å². The normalized spacial score (nSPS) is 18.7. The van der Waals surface area contributed by atoms with E-state index in [2.05, 4.69) is 17.1 Å². The minimum absolute atomic E-state index is 0.0137. The first kappa shape index (κ1) is 27.9. The lowest BCUT2D eigenvalue weighted by Crippen LogP contribution is -2.40. The van der Waals surface area contributed by atoms with Gasteiger partial charge in [0, 0.05) is 12.2 Å². The molecular formula is C29H38N4O4S. The Labute approximate surface area is 230 Å². The number of nitrogens with zero attached hydrogens (tertiary/aromatic N) is 3. The van der Waals surface area contributed by atoms with Crippen molar-refractivity contribution >= 4 is 40.5 Å². The maximum absolute atomic E-state index is 13.7. The fourth-order valence-electron chi connectivity index (χ4n) is 5.00. The maximum Gasteiger partial charge on any atom is 0.256 e. The van der Waals surface area contributed by atoms with E-state index in [1.54, 1.807) is 36.3 Å². The fraction of sp³-hybridized carbons (Fsp3) is 0.483. The number of piperidine rings is 1. The number of amides is 2. The fourth-order valence-corrected chi connectivity index (χ4v) is 5.41. The molecule has 0 aliphatic carbocycles. The highest BCUT2D eigenvalue weighted by molar-refractivity contribution is 7.80. The van der Waals surface area contributed by atoms with Crippen LogP contribution in [0.5, 0.6) is 11.5 Å². The van der Waals surface area contributed by atoms with Crippen LogP contribution in [-0.4, -0.2) is 72.7 Å². The average molecular weight is 539 g/mol. The van der Waals surface area contributed by atoms with Crippen molar-refractivity contribution in [1.29, 1.82) is 0 Å². The van der Waals surface area contributed by atoms with Crippen molar-refractivity contribution in [2.45, 2.75) is 45.6 Å². The lowest BCUT2D eigenvalue weighted by atomic mass is 9.99. The Kier molecular flexibility index (Phi) is 9.58. The Morgan fingerprint density at radius 2 is 1.68 bits per heavy atom. The number of carbonyl (C=O) groups is 2. The molecule has 2 heterocycles. The highest BCUT2D eigenvalue weighted by Gasteiger charge is 2.44. The molecule has 0 radical (unpaired) electrons. The quantitative estimate of drug-likeness (QED) is 0.421. The summed E-state index contributed by atoms with van der Waals surface area (Å²) in [5.74, 6) is 1.80. The largest absolute Gasteiger partial charge is 0.497 e. The van der Waals surface area contributed by atoms with Gasteiger partial charge < -0.3 is 24.6 Å². The van der Waals surface area contributed by atoms with E-state index in [1.807, 2.05) is 36.1 Å². The van der Waals surface area contributed by atoms with Gasteiger partial charge in [-0.1, -0.05) is 6.92 Å². The third-order valence-corrected chi connectivity index (χ3v) is 7.64. The lowest BCUT2D eigenvalue weighted by Gasteiger charge is -2.31. The zero-order valence-electron chi connectivity index (χ0n) is 22.5. The van der Waals surface area contributed by atoms with Gasteiger partial charge in [0.2, 0.25) is 5.91 Å². The molecule has 0 aromatic heterocycles. The topological polar surface area (TPSA) is 74.3 Å². The minimum atomic E-state index is -0.659. The molecule has 2 saturated heterocycles. The summed E-state index contributed by atoms with van der Waals surface area (Å²) in [7, 11) is 1.60. The standard InChI is InChI=1S/C29H38N4O4S/c1-4-37-25-12-8-23(9-13-25)33-28(35)26(20-27(34)30-22-6-10-24(36-3)11-7-22)32(29(33)38)17-5-16-31-18-14-21(2)15-19-31/h6-13,21,26H,4-5,14-20H2,1-3H3,(H,30,34)/t26-/m0/s1. The van der Waals surface area contributed by atoms with Crippen LogP contribution in [0.1, 0.15) is 39.5 Å². The number of ether oxygens (including phenoxy) is 2. The van der Waals surface area contributed by atoms with Crippen molar-refractivity contribution < 1.29 is 19.1 Å². The van der Waals surface area contributed by atoms with Gasteiger partial charge in [-0.3, -0.25) is 14.5 Å². The molecule has 38 heavy (non-hydrogen) atoms. The molecule has 204 valence electrons. The van der Waals surface area contributed by atoms with Crippen molar-refractivity contribution in [3.05, 3.63) is 48.5 Å². The number of hydrogen-bond donors (Lipinski definition) is 1. The van der Waals surface area contributed by atoms with E-state index in [4.69, 9.17) is 21.7 Å². The summed E-state index contributed by atoms with van der Waals surface area (Å²) in [4.78, 5) is 32.7. The molecule has 2 aliphatic heterocycles. The SMILES string of the molecule is CCOc1ccc(N2C(=O)[C@H](CC(=O)Nc3ccc(OC)cc3)N(CCCN3CCC(C)CC3)C2=S)cc1. The monoisotopic (exact) mass is 538 g/mol. The van der Waals surface area contributed by atoms with Crippen molar-refractivity contribution in [1.82, 2.24) is 9.80 Å². The van der Waals surface area contributed by atoms with Gasteiger partial charge in [0.05, 0.1) is 25.8 Å². The van der Waals surface area contributed by atoms with Gasteiger partial charge in [0.25, 0.3) is 5.91 Å². The smallest absolute Gasteiger partial charge is 0.256 e. The van der Waals surface area contributed by atoms with Crippen molar-refractivity contribution in [2.75, 3.05) is 50.1 Å². The van der Waals surface area contributed by atoms with E-state index in [0.29, 0.717) is 35.4 Å². The van der Waals surface area contributed by atoms with Gasteiger partial charge >= 0.3 is 0 Å². The van der Waals surface area contributed by atoms with Crippen LogP contribution < -0.4 is 19.7 Å². The van der Waals surface area contributed by atoms with Gasteiger partial charge in [-0.2, -0.15) is 0 Å². The van der Waals surface area contributed by atoms with Crippen LogP contribution in [0.4, 0.5) is 11.4 Å². The van der Waals surface area contributed by atoms with E-state index in [1.165, 1.54) is 12.8 Å². The van der Waals surface area contributed by atoms with Gasteiger partial charge in [0.15, 0.2) is 5.11 Å². The van der Waals surface area contributed by atoms with E-state index >= 15 is 0 Å². The first-order valence-corrected chi connectivity index (χ1v) is 13.8. The summed E-state index contributed by atoms with van der Waals surface area (Å²) in [6, 6.07) is 13.8.